The van der Waals surface area contributed by atoms with Crippen molar-refractivity contribution in [3.8, 4) is 0 Å². The first-order valence-corrected chi connectivity index (χ1v) is 9.29. The Morgan fingerprint density at radius 2 is 0.926 bits per heavy atom. The number of hydrogen-bond donors (Lipinski definition) is 9. The van der Waals surface area contributed by atoms with E-state index in [0.29, 0.717) is 26.2 Å². The average Bonchev–Trinajstić information content (AvgIpc) is 2.69. The molecule has 0 fully saturated rings. The van der Waals surface area contributed by atoms with Gasteiger partial charge in [0.05, 0.1) is 50.8 Å². The summed E-state index contributed by atoms with van der Waals surface area (Å²) >= 11 is 0. The van der Waals surface area contributed by atoms with E-state index in [1.54, 1.807) is 10.1 Å². The van der Waals surface area contributed by atoms with Crippen LogP contribution in [0.5, 0.6) is 0 Å². The van der Waals surface area contributed by atoms with Gasteiger partial charge in [-0.3, -0.25) is 0 Å². The second-order valence-electron chi connectivity index (χ2n) is 6.49. The second-order valence-corrected chi connectivity index (χ2v) is 6.49. The Morgan fingerprint density at radius 1 is 0.556 bits per heavy atom. The van der Waals surface area contributed by atoms with E-state index >= 15 is 0 Å². The number of hydrazine groups is 2. The van der Waals surface area contributed by atoms with Crippen molar-refractivity contribution in [3.63, 3.8) is 0 Å². The lowest BCUT2D eigenvalue weighted by Gasteiger charge is -2.36. The van der Waals surface area contributed by atoms with Crippen molar-refractivity contribution < 1.29 is 40.9 Å². The molecule has 0 heterocycles. The molecule has 4 atom stereocenters. The van der Waals surface area contributed by atoms with E-state index < -0.39 is 24.4 Å². The van der Waals surface area contributed by atoms with Crippen LogP contribution >= 0.6 is 0 Å². The number of aliphatic hydroxyl groups excluding tert-OH is 8. The van der Waals surface area contributed by atoms with Crippen LogP contribution < -0.4 is 5.43 Å². The quantitative estimate of drug-likeness (QED) is 0.102. The van der Waals surface area contributed by atoms with Gasteiger partial charge in [0.1, 0.15) is 0 Å². The van der Waals surface area contributed by atoms with Gasteiger partial charge in [-0.2, -0.15) is 5.12 Å². The van der Waals surface area contributed by atoms with Crippen molar-refractivity contribution in [1.82, 2.24) is 15.6 Å². The number of hydrogen-bond acceptors (Lipinski definition) is 11. The molecule has 0 aliphatic rings. The van der Waals surface area contributed by atoms with E-state index in [1.807, 2.05) is 0 Å². The Kier molecular flexibility index (Phi) is 16.2. The third-order valence-electron chi connectivity index (χ3n) is 4.07. The third kappa shape index (κ3) is 13.4. The molecule has 9 N–H and O–H groups in total. The first-order chi connectivity index (χ1) is 12.9. The van der Waals surface area contributed by atoms with Crippen molar-refractivity contribution >= 4 is 0 Å². The standard InChI is InChI=1S/C16H37N3O8/c20-9-13(24)1-5-17-19(8-4-16(27)12-23)18(6-2-14(25)10-21)7-3-15(26)11-22/h13-17,20-27H,1-12H2/t13-,14+,15+,16+/m1/s1. The number of rotatable bonds is 18. The molecule has 164 valence electrons. The summed E-state index contributed by atoms with van der Waals surface area (Å²) in [5.74, 6) is 0. The fraction of sp³-hybridized carbons (Fsp3) is 1.00. The maximum absolute atomic E-state index is 9.61. The highest BCUT2D eigenvalue weighted by Crippen LogP contribution is 2.06. The van der Waals surface area contributed by atoms with Crippen molar-refractivity contribution in [2.24, 2.45) is 0 Å². The van der Waals surface area contributed by atoms with Crippen LogP contribution in [0.15, 0.2) is 0 Å². The molecule has 0 aliphatic heterocycles. The monoisotopic (exact) mass is 399 g/mol. The molecule has 0 unspecified atom stereocenters. The molecule has 0 spiro atoms. The molecule has 0 rings (SSSR count). The Bertz CT molecular complexity index is 329. The highest BCUT2D eigenvalue weighted by atomic mass is 16.3. The lowest BCUT2D eigenvalue weighted by molar-refractivity contribution is -0.0941. The van der Waals surface area contributed by atoms with Crippen LogP contribution in [0.1, 0.15) is 25.7 Å². The molecule has 0 amide bonds. The Balaban J connectivity index is 4.93. The molecule has 0 saturated carbocycles. The Morgan fingerprint density at radius 3 is 1.33 bits per heavy atom. The Hall–Kier alpha value is -0.440. The first-order valence-electron chi connectivity index (χ1n) is 9.29. The first kappa shape index (κ1) is 26.6. The van der Waals surface area contributed by atoms with Crippen molar-refractivity contribution in [1.29, 1.82) is 0 Å². The highest BCUT2D eigenvalue weighted by Gasteiger charge is 2.19. The topological polar surface area (TPSA) is 180 Å². The molecule has 0 aliphatic carbocycles. The summed E-state index contributed by atoms with van der Waals surface area (Å²) < 4.78 is 0. The lowest BCUT2D eigenvalue weighted by atomic mass is 10.2. The average molecular weight is 399 g/mol. The molecule has 0 aromatic carbocycles. The molecule has 0 aromatic heterocycles. The maximum Gasteiger partial charge on any atom is 0.0784 e. The molecule has 11 heteroatoms. The van der Waals surface area contributed by atoms with Gasteiger partial charge >= 0.3 is 0 Å². The summed E-state index contributed by atoms with van der Waals surface area (Å²) in [7, 11) is 0. The van der Waals surface area contributed by atoms with Gasteiger partial charge in [0, 0.05) is 26.2 Å². The van der Waals surface area contributed by atoms with Crippen molar-refractivity contribution in [2.75, 3.05) is 52.6 Å². The summed E-state index contributed by atoms with van der Waals surface area (Å²) in [5, 5.41) is 77.6. The van der Waals surface area contributed by atoms with Crippen molar-refractivity contribution in [2.45, 2.75) is 50.1 Å². The summed E-state index contributed by atoms with van der Waals surface area (Å²) in [4.78, 5) is 0. The van der Waals surface area contributed by atoms with Gasteiger partial charge in [0.2, 0.25) is 0 Å². The van der Waals surface area contributed by atoms with Gasteiger partial charge < -0.3 is 40.9 Å². The van der Waals surface area contributed by atoms with E-state index in [9.17, 15) is 20.4 Å². The van der Waals surface area contributed by atoms with Crippen LogP contribution in [-0.2, 0) is 0 Å². The SMILES string of the molecule is OC[C@@H](O)CCN(CC[C@H](O)CO)N(CC[C@H](O)CO)NCC[C@@H](O)CO. The van der Waals surface area contributed by atoms with Crippen LogP contribution in [0.4, 0.5) is 0 Å². The normalized spacial score (nSPS) is 16.7. The number of nitrogens with one attached hydrogen (secondary N) is 1. The molecular formula is C16H37N3O8. The predicted octanol–water partition coefficient (Wildman–Crippen LogP) is -4.02. The Labute approximate surface area is 160 Å². The fourth-order valence-electron chi connectivity index (χ4n) is 2.27. The largest absolute Gasteiger partial charge is 0.394 e. The third-order valence-corrected chi connectivity index (χ3v) is 4.07. The fourth-order valence-corrected chi connectivity index (χ4v) is 2.27. The van der Waals surface area contributed by atoms with E-state index in [0.717, 1.165) is 0 Å². The zero-order valence-corrected chi connectivity index (χ0v) is 15.8. The van der Waals surface area contributed by atoms with Crippen molar-refractivity contribution in [3.05, 3.63) is 0 Å². The van der Waals surface area contributed by atoms with Gasteiger partial charge in [-0.15, -0.1) is 0 Å². The minimum Gasteiger partial charge on any atom is -0.394 e. The van der Waals surface area contributed by atoms with Gasteiger partial charge in [0.15, 0.2) is 0 Å². The minimum atomic E-state index is -0.912. The summed E-state index contributed by atoms with van der Waals surface area (Å²) in [6, 6.07) is 0. The number of nitrogens with zero attached hydrogens (tertiary/aromatic N) is 2. The molecule has 0 radical (unpaired) electrons. The lowest BCUT2D eigenvalue weighted by Crippen LogP contribution is -2.54. The van der Waals surface area contributed by atoms with Gasteiger partial charge in [0.25, 0.3) is 0 Å². The number of aliphatic hydroxyl groups is 8. The smallest absolute Gasteiger partial charge is 0.0784 e. The predicted molar refractivity (Wildman–Crippen MR) is 97.1 cm³/mol. The van der Waals surface area contributed by atoms with E-state index in [1.165, 1.54) is 0 Å². The molecule has 11 nitrogen and oxygen atoms in total. The minimum absolute atomic E-state index is 0.244. The highest BCUT2D eigenvalue weighted by molar-refractivity contribution is 4.66. The van der Waals surface area contributed by atoms with Crippen LogP contribution in [0.25, 0.3) is 0 Å². The molecule has 0 bridgehead atoms. The van der Waals surface area contributed by atoms with Crippen LogP contribution in [-0.4, -0.2) is 128 Å². The maximum atomic E-state index is 9.61. The van der Waals surface area contributed by atoms with Gasteiger partial charge in [-0.05, 0) is 25.7 Å². The zero-order valence-electron chi connectivity index (χ0n) is 15.8. The molecule has 0 saturated heterocycles. The second kappa shape index (κ2) is 16.5. The van der Waals surface area contributed by atoms with Crippen LogP contribution in [0, 0.1) is 0 Å². The van der Waals surface area contributed by atoms with Crippen LogP contribution in [0.2, 0.25) is 0 Å². The zero-order chi connectivity index (χ0) is 20.7. The molecule has 0 aromatic rings. The van der Waals surface area contributed by atoms with Crippen LogP contribution in [0.3, 0.4) is 0 Å². The van der Waals surface area contributed by atoms with E-state index in [2.05, 4.69) is 5.43 Å². The summed E-state index contributed by atoms with van der Waals surface area (Å²) in [5.41, 5.74) is 3.06. The van der Waals surface area contributed by atoms with Gasteiger partial charge in [-0.1, -0.05) is 0 Å². The summed E-state index contributed by atoms with van der Waals surface area (Å²) in [6.45, 7) is -0.252. The molecule has 27 heavy (non-hydrogen) atoms. The summed E-state index contributed by atoms with van der Waals surface area (Å²) in [6.07, 6.45) is -2.56. The van der Waals surface area contributed by atoms with Gasteiger partial charge in [-0.25, -0.2) is 10.4 Å². The van der Waals surface area contributed by atoms with E-state index in [4.69, 9.17) is 20.4 Å². The molecular weight excluding hydrogens is 362 g/mol. The van der Waals surface area contributed by atoms with E-state index in [-0.39, 0.29) is 52.1 Å².